The Kier molecular flexibility index (Phi) is 12.1. The maximum Gasteiger partial charge on any atom is 0.508 e. The Bertz CT molecular complexity index is 1450. The predicted molar refractivity (Wildman–Crippen MR) is 159 cm³/mol. The molecule has 2 aromatic carbocycles. The molecule has 3 aromatic rings. The van der Waals surface area contributed by atoms with E-state index in [1.165, 1.54) is 43.3 Å². The van der Waals surface area contributed by atoms with Crippen LogP contribution in [0.15, 0.2) is 53.1 Å². The van der Waals surface area contributed by atoms with Gasteiger partial charge in [-0.05, 0) is 67.1 Å². The minimum absolute atomic E-state index is 0.0200. The van der Waals surface area contributed by atoms with Gasteiger partial charge in [0.1, 0.15) is 24.6 Å². The number of benzene rings is 2. The highest BCUT2D eigenvalue weighted by Crippen LogP contribution is 2.26. The molecule has 1 aliphatic rings. The van der Waals surface area contributed by atoms with Crippen LogP contribution in [0.2, 0.25) is 5.02 Å². The molecule has 1 aromatic heterocycles. The van der Waals surface area contributed by atoms with Gasteiger partial charge in [0, 0.05) is 17.1 Å². The molecule has 0 aliphatic heterocycles. The Morgan fingerprint density at radius 3 is 2.56 bits per heavy atom. The number of amides is 1. The fourth-order valence-corrected chi connectivity index (χ4v) is 4.84. The first kappa shape index (κ1) is 33.7. The molecule has 1 fully saturated rings. The van der Waals surface area contributed by atoms with Gasteiger partial charge in [-0.3, -0.25) is 10.2 Å². The van der Waals surface area contributed by atoms with Crippen molar-refractivity contribution in [2.75, 3.05) is 20.3 Å². The summed E-state index contributed by atoms with van der Waals surface area (Å²) in [6.07, 6.45) is 1.11. The number of nitrogens with one attached hydrogen (secondary N) is 1. The van der Waals surface area contributed by atoms with Gasteiger partial charge < -0.3 is 28.6 Å². The van der Waals surface area contributed by atoms with E-state index in [4.69, 9.17) is 35.1 Å². The largest absolute Gasteiger partial charge is 0.508 e. The van der Waals surface area contributed by atoms with Crippen LogP contribution in [-0.2, 0) is 25.5 Å². The number of carbonyl (C=O) groups excluding carboxylic acids is 3. The highest BCUT2D eigenvalue weighted by molar-refractivity contribution is 6.30. The summed E-state index contributed by atoms with van der Waals surface area (Å²) < 4.78 is 39.9. The van der Waals surface area contributed by atoms with Crippen molar-refractivity contribution < 1.29 is 47.4 Å². The lowest BCUT2D eigenvalue weighted by atomic mass is 9.98. The van der Waals surface area contributed by atoms with Crippen LogP contribution in [-0.4, -0.2) is 71.9 Å². The Balaban J connectivity index is 1.36. The van der Waals surface area contributed by atoms with Crippen molar-refractivity contribution in [1.29, 1.82) is 0 Å². The number of rotatable bonds is 13. The summed E-state index contributed by atoms with van der Waals surface area (Å²) in [4.78, 5) is 37.5. The average Bonchev–Trinajstić information content (AvgIpc) is 3.52. The first-order valence-electron chi connectivity index (χ1n) is 14.4. The lowest BCUT2D eigenvalue weighted by Crippen LogP contribution is -2.47. The molecule has 12 nitrogen and oxygen atoms in total. The number of carbonyl (C=O) groups is 3. The van der Waals surface area contributed by atoms with Gasteiger partial charge in [0.2, 0.25) is 5.76 Å². The number of hydrogen-bond acceptors (Lipinski definition) is 11. The van der Waals surface area contributed by atoms with Crippen LogP contribution in [0.5, 0.6) is 5.88 Å². The number of nitrogens with zero attached hydrogens (tertiary/aromatic N) is 2. The van der Waals surface area contributed by atoms with E-state index < -0.39 is 36.1 Å². The normalized spacial score (nSPS) is 14.8. The molecule has 0 radical (unpaired) electrons. The van der Waals surface area contributed by atoms with Crippen LogP contribution in [0.4, 0.5) is 9.18 Å². The topological polar surface area (TPSA) is 150 Å². The van der Waals surface area contributed by atoms with Crippen LogP contribution in [0.3, 0.4) is 0 Å². The van der Waals surface area contributed by atoms with Crippen molar-refractivity contribution in [3.63, 3.8) is 0 Å². The Morgan fingerprint density at radius 1 is 1.13 bits per heavy atom. The van der Waals surface area contributed by atoms with Crippen molar-refractivity contribution in [2.24, 2.45) is 0 Å². The SMILES string of the molecule is COc1cc(C(=O)NN(Cc2ccc(-c3cc(Cl)ccc3F)cc2)C[C@@H](O)C(=O)OCC(C)OC(=O)OC2CCCCC2)on1. The number of aromatic nitrogens is 1. The molecule has 1 aliphatic carbocycles. The molecule has 1 amide bonds. The van der Waals surface area contributed by atoms with E-state index in [1.54, 1.807) is 24.3 Å². The van der Waals surface area contributed by atoms with E-state index in [0.717, 1.165) is 32.1 Å². The first-order chi connectivity index (χ1) is 21.6. The molecular weight excluding hydrogens is 613 g/mol. The van der Waals surface area contributed by atoms with Crippen molar-refractivity contribution in [3.8, 4) is 17.0 Å². The van der Waals surface area contributed by atoms with Gasteiger partial charge in [-0.2, -0.15) is 0 Å². The zero-order chi connectivity index (χ0) is 32.3. The molecule has 1 unspecified atom stereocenters. The first-order valence-corrected chi connectivity index (χ1v) is 14.8. The molecule has 45 heavy (non-hydrogen) atoms. The molecule has 0 spiro atoms. The van der Waals surface area contributed by atoms with Crippen LogP contribution in [0.1, 0.15) is 55.1 Å². The molecule has 1 heterocycles. The fraction of sp³-hybridized carbons (Fsp3) is 0.419. The van der Waals surface area contributed by atoms with Gasteiger partial charge in [0.05, 0.1) is 19.7 Å². The van der Waals surface area contributed by atoms with E-state index in [2.05, 4.69) is 10.6 Å². The second-order valence-electron chi connectivity index (χ2n) is 10.6. The third-order valence-electron chi connectivity index (χ3n) is 6.99. The van der Waals surface area contributed by atoms with Gasteiger partial charge >= 0.3 is 18.0 Å². The predicted octanol–water partition coefficient (Wildman–Crippen LogP) is 5.07. The average molecular weight is 648 g/mol. The number of hydrazine groups is 1. The van der Waals surface area contributed by atoms with Crippen molar-refractivity contribution >= 4 is 29.6 Å². The summed E-state index contributed by atoms with van der Waals surface area (Å²) in [6.45, 7) is 0.839. The number of esters is 1. The highest BCUT2D eigenvalue weighted by atomic mass is 35.5. The summed E-state index contributed by atoms with van der Waals surface area (Å²) in [5.41, 5.74) is 4.11. The van der Waals surface area contributed by atoms with Gasteiger partial charge in [0.25, 0.3) is 5.88 Å². The highest BCUT2D eigenvalue weighted by Gasteiger charge is 2.26. The molecule has 1 saturated carbocycles. The molecule has 14 heteroatoms. The Hall–Kier alpha value is -4.20. The van der Waals surface area contributed by atoms with E-state index in [9.17, 15) is 23.9 Å². The number of ether oxygens (including phenoxy) is 4. The molecule has 242 valence electrons. The van der Waals surface area contributed by atoms with Crippen molar-refractivity contribution in [2.45, 2.75) is 63.9 Å². The summed E-state index contributed by atoms with van der Waals surface area (Å²) in [5.74, 6) is -2.25. The third kappa shape index (κ3) is 10.2. The van der Waals surface area contributed by atoms with Gasteiger partial charge in [-0.1, -0.05) is 42.3 Å². The van der Waals surface area contributed by atoms with Gasteiger partial charge in [0.15, 0.2) is 6.10 Å². The number of methoxy groups -OCH3 is 1. The van der Waals surface area contributed by atoms with Gasteiger partial charge in [-0.15, -0.1) is 0 Å². The third-order valence-corrected chi connectivity index (χ3v) is 7.22. The van der Waals surface area contributed by atoms with Crippen LogP contribution in [0, 0.1) is 5.82 Å². The minimum atomic E-state index is -1.70. The number of halogens is 2. The summed E-state index contributed by atoms with van der Waals surface area (Å²) >= 11 is 6.03. The molecule has 2 atom stereocenters. The number of hydrogen-bond donors (Lipinski definition) is 2. The lowest BCUT2D eigenvalue weighted by molar-refractivity contribution is -0.158. The van der Waals surface area contributed by atoms with Gasteiger partial charge in [-0.25, -0.2) is 19.0 Å². The van der Waals surface area contributed by atoms with E-state index >= 15 is 0 Å². The van der Waals surface area contributed by atoms with Crippen LogP contribution in [0.25, 0.3) is 11.1 Å². The Labute approximate surface area is 264 Å². The summed E-state index contributed by atoms with van der Waals surface area (Å²) in [5, 5.41) is 15.9. The molecule has 0 saturated heterocycles. The quantitative estimate of drug-likeness (QED) is 0.189. The number of aliphatic hydroxyl groups is 1. The standard InChI is InChI=1S/C31H35ClFN3O9/c1-19(43-31(40)44-23-6-4-3-5-7-23)18-42-30(39)26(37)17-36(34-29(38)27-15-28(41-2)35-45-27)16-20-8-10-21(11-9-20)24-14-22(32)12-13-25(24)33/h8-15,19,23,26,37H,3-7,16-18H2,1-2H3,(H,34,38)/t19?,26-/m1/s1. The second kappa shape index (κ2) is 16.2. The summed E-state index contributed by atoms with van der Waals surface area (Å²) in [7, 11) is 1.36. The Morgan fingerprint density at radius 2 is 1.87 bits per heavy atom. The molecule has 2 N–H and O–H groups in total. The lowest BCUT2D eigenvalue weighted by Gasteiger charge is -2.25. The molecule has 0 bridgehead atoms. The number of aliphatic hydroxyl groups excluding tert-OH is 1. The zero-order valence-electron chi connectivity index (χ0n) is 24.9. The minimum Gasteiger partial charge on any atom is -0.479 e. The second-order valence-corrected chi connectivity index (χ2v) is 11.0. The monoisotopic (exact) mass is 647 g/mol. The molecular formula is C31H35ClFN3O9. The van der Waals surface area contributed by atoms with E-state index in [1.807, 2.05) is 0 Å². The van der Waals surface area contributed by atoms with E-state index in [-0.39, 0.29) is 37.4 Å². The van der Waals surface area contributed by atoms with Crippen LogP contribution < -0.4 is 10.2 Å². The van der Waals surface area contributed by atoms with Crippen molar-refractivity contribution in [1.82, 2.24) is 15.6 Å². The molecule has 4 rings (SSSR count). The zero-order valence-corrected chi connectivity index (χ0v) is 25.6. The van der Waals surface area contributed by atoms with E-state index in [0.29, 0.717) is 21.7 Å². The van der Waals surface area contributed by atoms with Crippen molar-refractivity contribution in [3.05, 3.63) is 70.7 Å². The van der Waals surface area contributed by atoms with Crippen LogP contribution >= 0.6 is 11.6 Å². The maximum absolute atomic E-state index is 14.3. The maximum atomic E-state index is 14.3. The summed E-state index contributed by atoms with van der Waals surface area (Å²) in [6, 6.07) is 12.3. The smallest absolute Gasteiger partial charge is 0.479 e. The fourth-order valence-electron chi connectivity index (χ4n) is 4.66.